The number of hydrogen-bond donors (Lipinski definition) is 4. The van der Waals surface area contributed by atoms with Crippen molar-refractivity contribution in [3.8, 4) is 78.5 Å². The Morgan fingerprint density at radius 3 is 1.19 bits per heavy atom. The second kappa shape index (κ2) is 39.7. The number of aromatic nitrogens is 8. The van der Waals surface area contributed by atoms with Crippen LogP contribution < -0.4 is 31.7 Å². The molecular weight excluding hydrogens is 1610 g/mol. The average Bonchev–Trinajstić information content (AvgIpc) is 0.832. The van der Waals surface area contributed by atoms with E-state index in [0.717, 1.165) is 161 Å². The standard InChI is InChI=1S/2C33H20N4O3P2.4C2H5NO2.4V/c38-16-41-32-34-14-30(37-32)22-4-6-23-20(12-22)2-8-25-26-9-3-21-11-18(1-7-24(21)31(26)40-15-27(23)25)19-5-10-28-29(13-19)36-33(35-28)42-17-39;38-16-41-32-34-14-30(37-32)22-4-6-24-21(10-22)3-7-25-26-11-19-2-1-18(9-23(19)13-31(26)40-15-27(24)25)20-5-8-28-29(12-20)36-33(35-28)42-17-39;4*1-5-2(3)4;;;;/h2*1-14,41-42H,15H2,(H,34,37)(H,35,36);4*1H3,(H2,3,4);;;;/q2*-2;;;;;4*+2/p-4. The summed E-state index contributed by atoms with van der Waals surface area (Å²) in [6.45, 7) is 0.981. The fourth-order valence-corrected chi connectivity index (χ4v) is 13.4. The van der Waals surface area contributed by atoms with Crippen LogP contribution in [-0.2, 0) is 126 Å². The van der Waals surface area contributed by atoms with Gasteiger partial charge in [0.25, 0.3) is 0 Å². The number of ether oxygens (including phenoxy) is 6. The summed E-state index contributed by atoms with van der Waals surface area (Å²) in [4.78, 5) is 110. The van der Waals surface area contributed by atoms with Crippen LogP contribution in [0.3, 0.4) is 0 Å². The van der Waals surface area contributed by atoms with Gasteiger partial charge in [0, 0.05) is 38.8 Å². The third-order valence-corrected chi connectivity index (χ3v) is 18.6. The Labute approximate surface area is 670 Å². The average molecular weight is 1670 g/mol. The van der Waals surface area contributed by atoms with Gasteiger partial charge in [-0.1, -0.05) is 97.1 Å². The first kappa shape index (κ1) is 85.3. The predicted octanol–water partition coefficient (Wildman–Crippen LogP) is 15.7. The summed E-state index contributed by atoms with van der Waals surface area (Å²) in [6, 6.07) is 62.8. The van der Waals surface area contributed by atoms with Crippen molar-refractivity contribution < 1.29 is 141 Å². The van der Waals surface area contributed by atoms with Crippen LogP contribution in [0.2, 0.25) is 0 Å². The third kappa shape index (κ3) is 20.2. The van der Waals surface area contributed by atoms with Crippen LogP contribution >= 0.6 is 34.3 Å². The molecule has 4 radical (unpaired) electrons. The molecule has 108 heavy (non-hydrogen) atoms. The summed E-state index contributed by atoms with van der Waals surface area (Å²) in [6.07, 6.45) is -0.462. The molecule has 10 aromatic carbocycles. The third-order valence-electron chi connectivity index (χ3n) is 16.3. The molecular formula is C74H56N12O14P4V4. The zero-order valence-electron chi connectivity index (χ0n) is 56.9. The zero-order valence-corrected chi connectivity index (χ0v) is 66.5. The summed E-state index contributed by atoms with van der Waals surface area (Å²) in [5, 5.41) is 8.98. The molecule has 6 heterocycles. The van der Waals surface area contributed by atoms with Crippen LogP contribution in [0.4, 0.5) is 19.2 Å². The van der Waals surface area contributed by atoms with E-state index in [9.17, 15) is 38.4 Å². The number of H-pyrrole nitrogens is 4. The van der Waals surface area contributed by atoms with Crippen LogP contribution in [0.25, 0.3) is 155 Å². The second-order valence-corrected chi connectivity index (χ2v) is 25.9. The largest absolute Gasteiger partial charge is 2.00 e. The molecule has 4 aromatic heterocycles. The molecule has 2 aliphatic heterocycles. The molecule has 0 saturated heterocycles. The minimum Gasteiger partial charge on any atom is -0.632 e. The predicted molar refractivity (Wildman–Crippen MR) is 409 cm³/mol. The van der Waals surface area contributed by atoms with Crippen molar-refractivity contribution in [3.05, 3.63) is 204 Å². The number of carbonyl (C=O) groups is 4. The maximum absolute atomic E-state index is 10.8. The molecule has 4 amide bonds. The van der Waals surface area contributed by atoms with Gasteiger partial charge in [0.2, 0.25) is 24.4 Å². The minimum atomic E-state index is -0.995. The molecule has 0 saturated carbocycles. The number of imidazole rings is 4. The zero-order chi connectivity index (χ0) is 73.6. The molecule has 16 rings (SSSR count). The Kier molecular flexibility index (Phi) is 31.4. The summed E-state index contributed by atoms with van der Waals surface area (Å²) >= 11 is 0. The first-order valence-corrected chi connectivity index (χ1v) is 34.8. The Morgan fingerprint density at radius 2 is 0.731 bits per heavy atom. The van der Waals surface area contributed by atoms with Gasteiger partial charge in [-0.05, 0) is 132 Å². The van der Waals surface area contributed by atoms with E-state index in [1.807, 2.05) is 36.2 Å². The Morgan fingerprint density at radius 1 is 0.380 bits per heavy atom. The van der Waals surface area contributed by atoms with Crippen molar-refractivity contribution >= 4 is 170 Å². The molecule has 8 N–H and O–H groups in total. The topological polar surface area (TPSA) is 402 Å². The first-order valence-electron chi connectivity index (χ1n) is 30.8. The Balaban J connectivity index is 0.000000234. The van der Waals surface area contributed by atoms with Gasteiger partial charge in [-0.2, -0.15) is 34.3 Å². The SMILES string of the molecule is COC([NH-])=O.COC([NH-])=O.COC([NH-])=O.COC([NH-])=O.O=[C-]Pc1ncc(-c2ccc3c4c(ccc3c2)-c2cc3ccc(-c5ccc6nc(P[C-]=O)[nH]c6c5)cc3cc2OC4)[nH]1.O=[C-]Pc1ncc(-c2ccc3c4c(ccc3c2)-c2ccc3cc(-c5ccc6nc(P[C-]=O)[nH]c6c5)ccc3c2OC4)[nH]1.[V+2].[V+2].[V+2].[V+2]. The first-order chi connectivity index (χ1) is 50.4. The van der Waals surface area contributed by atoms with E-state index in [2.05, 4.69) is 204 Å². The van der Waals surface area contributed by atoms with Gasteiger partial charge in [0.1, 0.15) is 24.7 Å². The number of benzene rings is 10. The van der Waals surface area contributed by atoms with Gasteiger partial charge < -0.3 is 90.5 Å². The van der Waals surface area contributed by atoms with E-state index in [1.165, 1.54) is 22.3 Å². The number of nitrogens with zero attached hydrogens (tertiary/aromatic N) is 4. The number of amides is 4. The van der Waals surface area contributed by atoms with Crippen molar-refractivity contribution in [3.63, 3.8) is 0 Å². The molecule has 34 heteroatoms. The summed E-state index contributed by atoms with van der Waals surface area (Å²) < 4.78 is 27.9. The van der Waals surface area contributed by atoms with Gasteiger partial charge in [0.05, 0.1) is 96.5 Å². The van der Waals surface area contributed by atoms with Gasteiger partial charge in [-0.3, -0.25) is 19.2 Å². The number of fused-ring (bicyclic) bond motifs is 15. The number of rotatable bonds is 12. The van der Waals surface area contributed by atoms with Crippen LogP contribution in [0, 0.1) is 0 Å². The molecule has 0 fully saturated rings. The fourth-order valence-electron chi connectivity index (χ4n) is 11.6. The fraction of sp³-hybridized carbons (Fsp3) is 0.0811. The monoisotopic (exact) mass is 1660 g/mol. The van der Waals surface area contributed by atoms with Crippen molar-refractivity contribution in [1.82, 2.24) is 39.9 Å². The molecule has 4 atom stereocenters. The van der Waals surface area contributed by atoms with Crippen molar-refractivity contribution in [2.75, 3.05) is 28.4 Å². The maximum atomic E-state index is 10.8. The summed E-state index contributed by atoms with van der Waals surface area (Å²) in [7, 11) is 4.24. The van der Waals surface area contributed by atoms with E-state index in [0.29, 0.717) is 35.5 Å². The van der Waals surface area contributed by atoms with Gasteiger partial charge in [-0.25, -0.2) is 44.0 Å². The van der Waals surface area contributed by atoms with Crippen molar-refractivity contribution in [2.24, 2.45) is 0 Å². The number of nitrogens with one attached hydrogen (secondary N) is 8. The van der Waals surface area contributed by atoms with Gasteiger partial charge in [0.15, 0.2) is 0 Å². The minimum absolute atomic E-state index is 0. The molecule has 536 valence electrons. The second-order valence-electron chi connectivity index (χ2n) is 22.2. The number of aromatic amines is 4. The molecule has 0 aliphatic carbocycles. The van der Waals surface area contributed by atoms with E-state index in [4.69, 9.17) is 32.4 Å². The Hall–Kier alpha value is -9.98. The molecule has 0 bridgehead atoms. The molecule has 4 unspecified atom stereocenters. The van der Waals surface area contributed by atoms with Crippen LogP contribution in [0.1, 0.15) is 11.1 Å². The van der Waals surface area contributed by atoms with E-state index < -0.39 is 24.4 Å². The summed E-state index contributed by atoms with van der Waals surface area (Å²) in [5.74, 6) is 1.78. The van der Waals surface area contributed by atoms with E-state index in [1.54, 1.807) is 12.4 Å². The molecule has 26 nitrogen and oxygen atoms in total. The van der Waals surface area contributed by atoms with Crippen molar-refractivity contribution in [2.45, 2.75) is 13.2 Å². The molecule has 0 spiro atoms. The van der Waals surface area contributed by atoms with E-state index >= 15 is 0 Å². The van der Waals surface area contributed by atoms with Gasteiger partial charge in [-0.15, -0.1) is 0 Å². The Bertz CT molecular complexity index is 5390. The smallest absolute Gasteiger partial charge is 0.632 e. The summed E-state index contributed by atoms with van der Waals surface area (Å²) in [5.41, 5.74) is 44.9. The van der Waals surface area contributed by atoms with Crippen molar-refractivity contribution in [1.29, 1.82) is 0 Å². The van der Waals surface area contributed by atoms with Crippen LogP contribution in [0.15, 0.2) is 170 Å². The normalized spacial score (nSPS) is 11.2. The number of hydrogen-bond acceptors (Lipinski definition) is 18. The molecule has 14 aromatic rings. The van der Waals surface area contributed by atoms with Crippen LogP contribution in [-0.4, -0.2) is 117 Å². The maximum Gasteiger partial charge on any atom is 2.00 e. The number of carbonyl (C=O) groups excluding carboxylic acids is 8. The number of methoxy groups -OCH3 is 4. The van der Waals surface area contributed by atoms with E-state index in [-0.39, 0.29) is 109 Å². The van der Waals surface area contributed by atoms with Crippen LogP contribution in [0.5, 0.6) is 11.5 Å². The van der Waals surface area contributed by atoms with Gasteiger partial charge >= 0.3 is 74.2 Å². The molecule has 2 aliphatic rings. The quantitative estimate of drug-likeness (QED) is 0.0501.